The molecule has 0 atom stereocenters. The fourth-order valence-corrected chi connectivity index (χ4v) is 2.41. The molecule has 1 aromatic carbocycles. The fraction of sp³-hybridized carbons (Fsp3) is 0.294. The Balaban J connectivity index is 1.49. The number of nitrogens with one attached hydrogen (secondary N) is 2. The molecule has 0 fully saturated rings. The van der Waals surface area contributed by atoms with Crippen molar-refractivity contribution in [2.75, 3.05) is 13.9 Å². The van der Waals surface area contributed by atoms with Gasteiger partial charge >= 0.3 is 12.0 Å². The van der Waals surface area contributed by atoms with Crippen LogP contribution in [0.5, 0.6) is 11.5 Å². The van der Waals surface area contributed by atoms with Gasteiger partial charge in [-0.3, -0.25) is 0 Å². The second-order valence-corrected chi connectivity index (χ2v) is 5.40. The highest BCUT2D eigenvalue weighted by atomic mass is 16.7. The number of hydrogen-bond acceptors (Lipinski definition) is 6. The van der Waals surface area contributed by atoms with E-state index in [-0.39, 0.29) is 19.4 Å². The highest BCUT2D eigenvalue weighted by Gasteiger charge is 2.16. The summed E-state index contributed by atoms with van der Waals surface area (Å²) in [5.74, 6) is 1.81. The maximum absolute atomic E-state index is 11.9. The van der Waals surface area contributed by atoms with Gasteiger partial charge in [0.15, 0.2) is 11.5 Å². The third-order valence-corrected chi connectivity index (χ3v) is 3.69. The fourth-order valence-electron chi connectivity index (χ4n) is 2.41. The molecule has 1 aliphatic rings. The van der Waals surface area contributed by atoms with Gasteiger partial charge in [-0.2, -0.15) is 0 Å². The number of urea groups is 1. The Kier molecular flexibility index (Phi) is 4.78. The second kappa shape index (κ2) is 7.16. The molecule has 0 spiro atoms. The van der Waals surface area contributed by atoms with Crippen LogP contribution in [0.4, 0.5) is 4.79 Å². The lowest BCUT2D eigenvalue weighted by atomic mass is 10.2. The van der Waals surface area contributed by atoms with E-state index in [2.05, 4.69) is 15.4 Å². The highest BCUT2D eigenvalue weighted by Crippen LogP contribution is 2.32. The lowest BCUT2D eigenvalue weighted by Gasteiger charge is -2.07. The summed E-state index contributed by atoms with van der Waals surface area (Å²) >= 11 is 0. The summed E-state index contributed by atoms with van der Waals surface area (Å²) in [6.07, 6.45) is 0. The third-order valence-electron chi connectivity index (χ3n) is 3.69. The van der Waals surface area contributed by atoms with Gasteiger partial charge in [-0.25, -0.2) is 9.59 Å². The SMILES string of the molecule is COC(=O)c1cc(CNC(=O)NCc2ccc3c(c2)OCO3)oc1C. The van der Waals surface area contributed by atoms with Crippen molar-refractivity contribution in [3.8, 4) is 11.5 Å². The Morgan fingerprint density at radius 3 is 2.68 bits per heavy atom. The van der Waals surface area contributed by atoms with Crippen LogP contribution < -0.4 is 20.1 Å². The Labute approximate surface area is 144 Å². The van der Waals surface area contributed by atoms with Crippen molar-refractivity contribution in [2.24, 2.45) is 0 Å². The van der Waals surface area contributed by atoms with E-state index in [4.69, 9.17) is 13.9 Å². The largest absolute Gasteiger partial charge is 0.465 e. The van der Waals surface area contributed by atoms with E-state index < -0.39 is 5.97 Å². The van der Waals surface area contributed by atoms with Gasteiger partial charge in [0.05, 0.1) is 13.7 Å². The molecule has 2 heterocycles. The van der Waals surface area contributed by atoms with Crippen LogP contribution >= 0.6 is 0 Å². The third kappa shape index (κ3) is 3.85. The molecule has 0 bridgehead atoms. The predicted molar refractivity (Wildman–Crippen MR) is 86.4 cm³/mol. The summed E-state index contributed by atoms with van der Waals surface area (Å²) in [6.45, 7) is 2.37. The van der Waals surface area contributed by atoms with Crippen molar-refractivity contribution in [3.63, 3.8) is 0 Å². The molecule has 8 nitrogen and oxygen atoms in total. The predicted octanol–water partition coefficient (Wildman–Crippen LogP) is 2.10. The van der Waals surface area contributed by atoms with Crippen LogP contribution in [0.2, 0.25) is 0 Å². The Morgan fingerprint density at radius 2 is 1.88 bits per heavy atom. The van der Waals surface area contributed by atoms with Crippen LogP contribution in [-0.4, -0.2) is 25.9 Å². The number of esters is 1. The summed E-state index contributed by atoms with van der Waals surface area (Å²) in [5, 5.41) is 5.40. The summed E-state index contributed by atoms with van der Waals surface area (Å²) in [7, 11) is 1.30. The van der Waals surface area contributed by atoms with E-state index in [0.717, 1.165) is 5.56 Å². The summed E-state index contributed by atoms with van der Waals surface area (Å²) in [5.41, 5.74) is 1.24. The molecule has 0 saturated heterocycles. The number of hydrogen-bond donors (Lipinski definition) is 2. The summed E-state index contributed by atoms with van der Waals surface area (Å²) < 4.78 is 20.6. The first-order valence-corrected chi connectivity index (χ1v) is 7.64. The highest BCUT2D eigenvalue weighted by molar-refractivity contribution is 5.90. The molecule has 3 rings (SSSR count). The molecular weight excluding hydrogens is 328 g/mol. The molecule has 2 aromatic rings. The minimum atomic E-state index is -0.472. The molecule has 1 aliphatic heterocycles. The Bertz CT molecular complexity index is 798. The standard InChI is InChI=1S/C17H18N2O6/c1-10-13(16(20)22-2)6-12(25-10)8-19-17(21)18-7-11-3-4-14-15(5-11)24-9-23-14/h3-6H,7-9H2,1-2H3,(H2,18,19,21). The van der Waals surface area contributed by atoms with Gasteiger partial charge in [-0.1, -0.05) is 6.07 Å². The lowest BCUT2D eigenvalue weighted by molar-refractivity contribution is 0.0598. The number of fused-ring (bicyclic) bond motifs is 1. The minimum absolute atomic E-state index is 0.158. The number of amides is 2. The van der Waals surface area contributed by atoms with Crippen LogP contribution in [0.25, 0.3) is 0 Å². The zero-order valence-corrected chi connectivity index (χ0v) is 13.9. The molecule has 1 aromatic heterocycles. The van der Waals surface area contributed by atoms with Gasteiger partial charge in [-0.15, -0.1) is 0 Å². The molecule has 2 amide bonds. The van der Waals surface area contributed by atoms with Crippen LogP contribution in [0.1, 0.15) is 27.4 Å². The molecule has 0 radical (unpaired) electrons. The van der Waals surface area contributed by atoms with Crippen molar-refractivity contribution in [2.45, 2.75) is 20.0 Å². The van der Waals surface area contributed by atoms with Gasteiger partial charge in [0.2, 0.25) is 6.79 Å². The molecule has 0 aliphatic carbocycles. The van der Waals surface area contributed by atoms with E-state index >= 15 is 0 Å². The first kappa shape index (κ1) is 16.7. The van der Waals surface area contributed by atoms with E-state index in [1.807, 2.05) is 12.1 Å². The Morgan fingerprint density at radius 1 is 1.12 bits per heavy atom. The number of benzene rings is 1. The number of methoxy groups -OCH3 is 1. The van der Waals surface area contributed by atoms with Crippen molar-refractivity contribution in [1.82, 2.24) is 10.6 Å². The van der Waals surface area contributed by atoms with E-state index in [0.29, 0.717) is 35.1 Å². The number of ether oxygens (including phenoxy) is 3. The zero-order chi connectivity index (χ0) is 17.8. The van der Waals surface area contributed by atoms with Gasteiger partial charge in [-0.05, 0) is 30.7 Å². The van der Waals surface area contributed by atoms with E-state index in [1.54, 1.807) is 19.1 Å². The summed E-state index contributed by atoms with van der Waals surface area (Å²) in [6, 6.07) is 6.68. The molecule has 2 N–H and O–H groups in total. The van der Waals surface area contributed by atoms with Crippen molar-refractivity contribution < 1.29 is 28.2 Å². The maximum atomic E-state index is 11.9. The average molecular weight is 346 g/mol. The number of carbonyl (C=O) groups excluding carboxylic acids is 2. The number of rotatable bonds is 5. The first-order chi connectivity index (χ1) is 12.1. The topological polar surface area (TPSA) is 99.0 Å². The van der Waals surface area contributed by atoms with Gasteiger partial charge in [0, 0.05) is 6.54 Å². The van der Waals surface area contributed by atoms with Crippen LogP contribution in [0.15, 0.2) is 28.7 Å². The van der Waals surface area contributed by atoms with E-state index in [1.165, 1.54) is 7.11 Å². The Hall–Kier alpha value is -3.16. The normalized spacial score (nSPS) is 11.9. The van der Waals surface area contributed by atoms with Crippen LogP contribution in [0.3, 0.4) is 0 Å². The smallest absolute Gasteiger partial charge is 0.341 e. The van der Waals surface area contributed by atoms with Crippen LogP contribution in [0, 0.1) is 6.92 Å². The summed E-state index contributed by atoms with van der Waals surface area (Å²) in [4.78, 5) is 23.4. The first-order valence-electron chi connectivity index (χ1n) is 7.64. The quantitative estimate of drug-likeness (QED) is 0.805. The average Bonchev–Trinajstić information content (AvgIpc) is 3.23. The maximum Gasteiger partial charge on any atom is 0.341 e. The van der Waals surface area contributed by atoms with Crippen molar-refractivity contribution in [1.29, 1.82) is 0 Å². The van der Waals surface area contributed by atoms with Gasteiger partial charge in [0.25, 0.3) is 0 Å². The molecule has 0 unspecified atom stereocenters. The zero-order valence-electron chi connectivity index (χ0n) is 13.9. The molecular formula is C17H18N2O6. The van der Waals surface area contributed by atoms with Gasteiger partial charge in [0.1, 0.15) is 17.1 Å². The number of aryl methyl sites for hydroxylation is 1. The van der Waals surface area contributed by atoms with Gasteiger partial charge < -0.3 is 29.3 Å². The molecule has 132 valence electrons. The monoisotopic (exact) mass is 346 g/mol. The van der Waals surface area contributed by atoms with Crippen molar-refractivity contribution in [3.05, 3.63) is 46.9 Å². The number of carbonyl (C=O) groups is 2. The molecule has 25 heavy (non-hydrogen) atoms. The lowest BCUT2D eigenvalue weighted by Crippen LogP contribution is -2.34. The minimum Gasteiger partial charge on any atom is -0.465 e. The van der Waals surface area contributed by atoms with Crippen LogP contribution in [-0.2, 0) is 17.8 Å². The number of furan rings is 1. The molecule has 8 heteroatoms. The van der Waals surface area contributed by atoms with E-state index in [9.17, 15) is 9.59 Å². The molecule has 0 saturated carbocycles. The van der Waals surface area contributed by atoms with Crippen molar-refractivity contribution >= 4 is 12.0 Å². The second-order valence-electron chi connectivity index (χ2n) is 5.40.